The van der Waals surface area contributed by atoms with Gasteiger partial charge in [0.25, 0.3) is 0 Å². The topological polar surface area (TPSA) is 195 Å². The van der Waals surface area contributed by atoms with Gasteiger partial charge in [-0.2, -0.15) is 0 Å². The second-order valence-corrected chi connectivity index (χ2v) is 11.5. The summed E-state index contributed by atoms with van der Waals surface area (Å²) >= 11 is 0. The van der Waals surface area contributed by atoms with E-state index in [0.29, 0.717) is 18.4 Å². The zero-order valence-corrected chi connectivity index (χ0v) is 24.0. The Labute approximate surface area is 242 Å². The Morgan fingerprint density at radius 3 is 2.48 bits per heavy atom. The van der Waals surface area contributed by atoms with Crippen LogP contribution < -0.4 is 0 Å². The van der Waals surface area contributed by atoms with Crippen LogP contribution in [-0.2, 0) is 42.9 Å². The molecule has 13 heteroatoms. The average molecular weight is 595 g/mol. The molecule has 4 N–H and O–H groups in total. The molecule has 2 aliphatic heterocycles. The van der Waals surface area contributed by atoms with Crippen LogP contribution in [0.15, 0.2) is 35.5 Å². The molecule has 2 heterocycles. The maximum absolute atomic E-state index is 13.7. The first kappa shape index (κ1) is 31.8. The monoisotopic (exact) mass is 594 g/mol. The Kier molecular flexibility index (Phi) is 9.00. The second-order valence-electron chi connectivity index (χ2n) is 11.5. The number of hydrogen-bond donors (Lipinski definition) is 4. The lowest BCUT2D eigenvalue weighted by Gasteiger charge is -2.54. The van der Waals surface area contributed by atoms with Crippen molar-refractivity contribution in [3.05, 3.63) is 35.5 Å². The lowest BCUT2D eigenvalue weighted by atomic mass is 9.62. The van der Waals surface area contributed by atoms with Gasteiger partial charge in [-0.3, -0.25) is 9.59 Å². The van der Waals surface area contributed by atoms with Crippen LogP contribution in [0.2, 0.25) is 0 Å². The fraction of sp³-hybridized carbons (Fsp3) is 0.655. The molecule has 232 valence electrons. The second kappa shape index (κ2) is 11.9. The summed E-state index contributed by atoms with van der Waals surface area (Å²) < 4.78 is 27.3. The third-order valence-corrected chi connectivity index (χ3v) is 9.03. The highest BCUT2D eigenvalue weighted by molar-refractivity contribution is 5.90. The fourth-order valence-corrected chi connectivity index (χ4v) is 6.81. The number of ether oxygens (including phenoxy) is 5. The summed E-state index contributed by atoms with van der Waals surface area (Å²) in [6.45, 7) is 3.73. The standard InChI is InChI=1S/C29H38O13/c1-15(23(35)40-25-22(34)21(33)20(32)18(14-30)39-25)6-5-10-27(3)19-9-12-28(26(37)42-27)11-7-17(24(36)38-4)8-13-29(19,28)41-16(2)31/h5-7,10,18-22,25,30,32-34H,8-9,11-14H2,1-4H3/b10-5+,15-6+/t18-,19+,20-,21+,22-,25+,27-,28-,29-/m1/s1. The number of rotatable bonds is 7. The van der Waals surface area contributed by atoms with Crippen molar-refractivity contribution in [1.29, 1.82) is 0 Å². The molecule has 2 saturated heterocycles. The van der Waals surface area contributed by atoms with Gasteiger partial charge in [0.15, 0.2) is 0 Å². The predicted molar refractivity (Wildman–Crippen MR) is 141 cm³/mol. The molecule has 0 aromatic heterocycles. The smallest absolute Gasteiger partial charge is 0.336 e. The summed E-state index contributed by atoms with van der Waals surface area (Å²) in [5.74, 6) is -2.97. The molecule has 42 heavy (non-hydrogen) atoms. The number of allylic oxidation sites excluding steroid dienone is 3. The van der Waals surface area contributed by atoms with Crippen LogP contribution in [0.25, 0.3) is 0 Å². The maximum Gasteiger partial charge on any atom is 0.336 e. The Morgan fingerprint density at radius 2 is 1.83 bits per heavy atom. The van der Waals surface area contributed by atoms with Crippen molar-refractivity contribution in [2.45, 2.75) is 94.8 Å². The van der Waals surface area contributed by atoms with Gasteiger partial charge in [-0.1, -0.05) is 18.2 Å². The normalized spacial score (nSPS) is 40.0. The van der Waals surface area contributed by atoms with Gasteiger partial charge in [-0.05, 0) is 52.0 Å². The van der Waals surface area contributed by atoms with Crippen LogP contribution in [0.3, 0.4) is 0 Å². The van der Waals surface area contributed by atoms with E-state index in [1.54, 1.807) is 19.1 Å². The summed E-state index contributed by atoms with van der Waals surface area (Å²) in [6, 6.07) is 0. The van der Waals surface area contributed by atoms with E-state index in [4.69, 9.17) is 23.7 Å². The molecular formula is C29H38O13. The van der Waals surface area contributed by atoms with E-state index in [1.165, 1.54) is 33.1 Å². The van der Waals surface area contributed by atoms with Crippen molar-refractivity contribution in [1.82, 2.24) is 0 Å². The minimum atomic E-state index is -1.75. The molecule has 1 saturated carbocycles. The van der Waals surface area contributed by atoms with Crippen LogP contribution in [0.5, 0.6) is 0 Å². The molecule has 0 amide bonds. The Morgan fingerprint density at radius 1 is 1.12 bits per heavy atom. The molecular weight excluding hydrogens is 556 g/mol. The highest BCUT2D eigenvalue weighted by atomic mass is 16.7. The van der Waals surface area contributed by atoms with Gasteiger partial charge < -0.3 is 44.1 Å². The molecule has 2 bridgehead atoms. The van der Waals surface area contributed by atoms with Crippen molar-refractivity contribution >= 4 is 23.9 Å². The number of aliphatic hydroxyl groups is 4. The van der Waals surface area contributed by atoms with E-state index in [1.807, 2.05) is 0 Å². The summed E-state index contributed by atoms with van der Waals surface area (Å²) in [5, 5.41) is 39.3. The van der Waals surface area contributed by atoms with Gasteiger partial charge in [0.05, 0.1) is 13.7 Å². The van der Waals surface area contributed by atoms with E-state index >= 15 is 0 Å². The van der Waals surface area contributed by atoms with Crippen LogP contribution >= 0.6 is 0 Å². The SMILES string of the molecule is COC(=O)C1=CC[C@@]23CC[C@@H]([C@@](C)(/C=C/C=C(\C)C(=O)O[C@@H]4O[C@H](CO)[C@@H](O)[C@H](O)[C@H]4O)OC2=O)[C@]3(OC(C)=O)CC1. The van der Waals surface area contributed by atoms with E-state index in [9.17, 15) is 39.6 Å². The largest absolute Gasteiger partial charge is 0.466 e. The highest BCUT2D eigenvalue weighted by Crippen LogP contribution is 2.65. The van der Waals surface area contributed by atoms with Gasteiger partial charge in [0.1, 0.15) is 41.0 Å². The Balaban J connectivity index is 1.56. The molecule has 0 radical (unpaired) electrons. The minimum absolute atomic E-state index is 0.0609. The van der Waals surface area contributed by atoms with Gasteiger partial charge in [-0.25, -0.2) is 9.59 Å². The summed E-state index contributed by atoms with van der Waals surface area (Å²) in [5.41, 5.74) is -3.17. The van der Waals surface area contributed by atoms with Crippen LogP contribution in [0.1, 0.15) is 52.9 Å². The lowest BCUT2D eigenvalue weighted by Crippen LogP contribution is -2.65. The van der Waals surface area contributed by atoms with Crippen molar-refractivity contribution in [2.75, 3.05) is 13.7 Å². The Bertz CT molecular complexity index is 1200. The first-order valence-corrected chi connectivity index (χ1v) is 13.8. The van der Waals surface area contributed by atoms with Crippen LogP contribution in [0, 0.1) is 11.3 Å². The summed E-state index contributed by atoms with van der Waals surface area (Å²) in [6.07, 6.45) is -0.247. The fourth-order valence-electron chi connectivity index (χ4n) is 6.81. The van der Waals surface area contributed by atoms with E-state index < -0.39 is 83.7 Å². The zero-order chi connectivity index (χ0) is 31.0. The van der Waals surface area contributed by atoms with Crippen LogP contribution in [0.4, 0.5) is 0 Å². The number of carbonyl (C=O) groups is 4. The first-order chi connectivity index (χ1) is 19.7. The van der Waals surface area contributed by atoms with Gasteiger partial charge in [0.2, 0.25) is 6.29 Å². The molecule has 0 aromatic carbocycles. The van der Waals surface area contributed by atoms with E-state index in [2.05, 4.69) is 0 Å². The van der Waals surface area contributed by atoms with Crippen molar-refractivity contribution in [3.63, 3.8) is 0 Å². The third-order valence-electron chi connectivity index (χ3n) is 9.03. The molecule has 9 atom stereocenters. The number of methoxy groups -OCH3 is 1. The van der Waals surface area contributed by atoms with Gasteiger partial charge >= 0.3 is 23.9 Å². The molecule has 0 unspecified atom stereocenters. The van der Waals surface area contributed by atoms with Crippen LogP contribution in [-0.4, -0.2) is 99.9 Å². The maximum atomic E-state index is 13.7. The van der Waals surface area contributed by atoms with Gasteiger partial charge in [0, 0.05) is 24.0 Å². The molecule has 0 spiro atoms. The van der Waals surface area contributed by atoms with Crippen molar-refractivity contribution in [2.24, 2.45) is 11.3 Å². The third kappa shape index (κ3) is 5.28. The van der Waals surface area contributed by atoms with Crippen molar-refractivity contribution in [3.8, 4) is 0 Å². The number of cyclic esters (lactones) is 1. The predicted octanol–water partition coefficient (Wildman–Crippen LogP) is 0.129. The number of esters is 4. The Hall–Kier alpha value is -3.10. The molecule has 3 fully saturated rings. The van der Waals surface area contributed by atoms with Gasteiger partial charge in [-0.15, -0.1) is 0 Å². The zero-order valence-electron chi connectivity index (χ0n) is 24.0. The summed E-state index contributed by atoms with van der Waals surface area (Å²) in [7, 11) is 1.28. The molecule has 2 aliphatic carbocycles. The van der Waals surface area contributed by atoms with Crippen molar-refractivity contribution < 1.29 is 63.3 Å². The molecule has 4 rings (SSSR count). The highest BCUT2D eigenvalue weighted by Gasteiger charge is 2.74. The quantitative estimate of drug-likeness (QED) is 0.135. The minimum Gasteiger partial charge on any atom is -0.466 e. The van der Waals surface area contributed by atoms with E-state index in [-0.39, 0.29) is 24.8 Å². The average Bonchev–Trinajstić information content (AvgIpc) is 3.09. The number of aliphatic hydroxyl groups excluding tert-OH is 4. The lowest BCUT2D eigenvalue weighted by molar-refractivity contribution is -0.291. The molecule has 4 aliphatic rings. The molecule has 0 aromatic rings. The number of carbonyl (C=O) groups excluding carboxylic acids is 4. The summed E-state index contributed by atoms with van der Waals surface area (Å²) in [4.78, 5) is 51.1. The molecule has 13 nitrogen and oxygen atoms in total. The van der Waals surface area contributed by atoms with E-state index in [0.717, 1.165) is 0 Å². The first-order valence-electron chi connectivity index (χ1n) is 13.8. The number of hydrogen-bond acceptors (Lipinski definition) is 13.